The van der Waals surface area contributed by atoms with E-state index < -0.39 is 0 Å². The van der Waals surface area contributed by atoms with Crippen LogP contribution in [0, 0.1) is 5.92 Å². The van der Waals surface area contributed by atoms with Gasteiger partial charge < -0.3 is 11.1 Å². The highest BCUT2D eigenvalue weighted by Gasteiger charge is 2.18. The maximum absolute atomic E-state index is 11.9. The van der Waals surface area contributed by atoms with Crippen molar-refractivity contribution in [3.05, 3.63) is 34.3 Å². The van der Waals surface area contributed by atoms with Crippen molar-refractivity contribution < 1.29 is 4.79 Å². The molecule has 94 valence electrons. The molecule has 1 amide bonds. The van der Waals surface area contributed by atoms with Gasteiger partial charge in [0.05, 0.1) is 6.04 Å². The Morgan fingerprint density at radius 1 is 1.47 bits per heavy atom. The molecule has 3 nitrogen and oxygen atoms in total. The number of amides is 1. The van der Waals surface area contributed by atoms with E-state index in [9.17, 15) is 4.79 Å². The van der Waals surface area contributed by atoms with Crippen LogP contribution in [0.3, 0.4) is 0 Å². The average molecular weight is 299 g/mol. The third kappa shape index (κ3) is 3.82. The van der Waals surface area contributed by atoms with Gasteiger partial charge in [0.1, 0.15) is 0 Å². The molecule has 0 heterocycles. The van der Waals surface area contributed by atoms with Crippen molar-refractivity contribution >= 4 is 21.8 Å². The molecule has 0 saturated heterocycles. The van der Waals surface area contributed by atoms with Crippen molar-refractivity contribution in [2.24, 2.45) is 11.7 Å². The van der Waals surface area contributed by atoms with Gasteiger partial charge in [0.2, 0.25) is 5.91 Å². The Labute approximate surface area is 111 Å². The van der Waals surface area contributed by atoms with Crippen LogP contribution in [0.1, 0.15) is 31.9 Å². The van der Waals surface area contributed by atoms with Crippen molar-refractivity contribution in [3.8, 4) is 0 Å². The lowest BCUT2D eigenvalue weighted by molar-refractivity contribution is -0.125. The summed E-state index contributed by atoms with van der Waals surface area (Å²) in [5.41, 5.74) is 6.64. The highest BCUT2D eigenvalue weighted by molar-refractivity contribution is 9.10. The third-order valence-electron chi connectivity index (χ3n) is 2.88. The van der Waals surface area contributed by atoms with Crippen LogP contribution >= 0.6 is 15.9 Å². The van der Waals surface area contributed by atoms with Gasteiger partial charge in [-0.25, -0.2) is 0 Å². The van der Waals surface area contributed by atoms with Gasteiger partial charge in [0.25, 0.3) is 0 Å². The number of carbonyl (C=O) groups excluding carboxylic acids is 1. The largest absolute Gasteiger partial charge is 0.349 e. The Bertz CT molecular complexity index is 377. The summed E-state index contributed by atoms with van der Waals surface area (Å²) < 4.78 is 1.01. The Kier molecular flexibility index (Phi) is 5.65. The number of nitrogens with two attached hydrogens (primary N) is 1. The molecule has 0 bridgehead atoms. The number of hydrogen-bond acceptors (Lipinski definition) is 2. The minimum atomic E-state index is -0.0973. The Morgan fingerprint density at radius 2 is 2.12 bits per heavy atom. The van der Waals surface area contributed by atoms with Crippen LogP contribution in [0.5, 0.6) is 0 Å². The first-order valence-electron chi connectivity index (χ1n) is 5.85. The first-order chi connectivity index (χ1) is 8.10. The first-order valence-corrected chi connectivity index (χ1v) is 6.64. The maximum Gasteiger partial charge on any atom is 0.224 e. The van der Waals surface area contributed by atoms with E-state index in [0.717, 1.165) is 16.5 Å². The van der Waals surface area contributed by atoms with Gasteiger partial charge in [-0.05, 0) is 25.0 Å². The fraction of sp³-hybridized carbons (Fsp3) is 0.462. The van der Waals surface area contributed by atoms with Crippen LogP contribution in [0.15, 0.2) is 28.7 Å². The zero-order valence-corrected chi connectivity index (χ0v) is 11.8. The molecular weight excluding hydrogens is 280 g/mol. The molecule has 2 atom stereocenters. The number of benzene rings is 1. The molecule has 1 rings (SSSR count). The monoisotopic (exact) mass is 298 g/mol. The molecule has 0 radical (unpaired) electrons. The summed E-state index contributed by atoms with van der Waals surface area (Å²) in [5, 5.41) is 2.99. The van der Waals surface area contributed by atoms with Crippen LogP contribution < -0.4 is 11.1 Å². The average Bonchev–Trinajstić information content (AvgIpc) is 2.31. The Morgan fingerprint density at radius 3 is 2.65 bits per heavy atom. The highest BCUT2D eigenvalue weighted by Crippen LogP contribution is 2.23. The zero-order valence-electron chi connectivity index (χ0n) is 10.2. The SMILES string of the molecule is CCC(CN)C(=O)N[C@@H](C)c1ccccc1Br. The molecule has 1 aromatic rings. The zero-order chi connectivity index (χ0) is 12.8. The second-order valence-electron chi connectivity index (χ2n) is 4.09. The van der Waals surface area contributed by atoms with Gasteiger partial charge >= 0.3 is 0 Å². The van der Waals surface area contributed by atoms with Crippen LogP contribution in [0.25, 0.3) is 0 Å². The van der Waals surface area contributed by atoms with Crippen molar-refractivity contribution in [2.75, 3.05) is 6.54 Å². The Balaban J connectivity index is 2.70. The predicted octanol–water partition coefficient (Wildman–Crippen LogP) is 2.61. The van der Waals surface area contributed by atoms with Crippen molar-refractivity contribution in [3.63, 3.8) is 0 Å². The lowest BCUT2D eigenvalue weighted by Crippen LogP contribution is -2.36. The first kappa shape index (κ1) is 14.2. The molecule has 3 N–H and O–H groups in total. The number of rotatable bonds is 5. The van der Waals surface area contributed by atoms with Crippen molar-refractivity contribution in [1.82, 2.24) is 5.32 Å². The second kappa shape index (κ2) is 6.77. The molecule has 0 aromatic heterocycles. The summed E-state index contributed by atoms with van der Waals surface area (Å²) in [5.74, 6) is -0.0711. The third-order valence-corrected chi connectivity index (χ3v) is 3.60. The smallest absolute Gasteiger partial charge is 0.224 e. The van der Waals surface area contributed by atoms with Gasteiger partial charge in [-0.3, -0.25) is 4.79 Å². The topological polar surface area (TPSA) is 55.1 Å². The number of nitrogens with one attached hydrogen (secondary N) is 1. The molecule has 0 saturated carbocycles. The standard InChI is InChI=1S/C13H19BrN2O/c1-3-10(8-15)13(17)16-9(2)11-6-4-5-7-12(11)14/h4-7,9-10H,3,8,15H2,1-2H3,(H,16,17)/t9-,10?/m0/s1. The number of hydrogen-bond donors (Lipinski definition) is 2. The molecule has 0 aliphatic heterocycles. The van der Waals surface area contributed by atoms with E-state index >= 15 is 0 Å². The van der Waals surface area contributed by atoms with E-state index in [1.807, 2.05) is 38.1 Å². The van der Waals surface area contributed by atoms with Crippen LogP contribution in [-0.4, -0.2) is 12.5 Å². The summed E-state index contributed by atoms with van der Waals surface area (Å²) >= 11 is 3.48. The molecule has 0 fully saturated rings. The molecule has 4 heteroatoms. The summed E-state index contributed by atoms with van der Waals surface area (Å²) in [4.78, 5) is 11.9. The van der Waals surface area contributed by atoms with Crippen LogP contribution in [0.4, 0.5) is 0 Å². The minimum Gasteiger partial charge on any atom is -0.349 e. The van der Waals surface area contributed by atoms with E-state index in [4.69, 9.17) is 5.73 Å². The van der Waals surface area contributed by atoms with Gasteiger partial charge in [-0.2, -0.15) is 0 Å². The number of halogens is 1. The molecule has 0 aliphatic rings. The minimum absolute atomic E-state index is 0.0151. The van der Waals surface area contributed by atoms with E-state index in [1.165, 1.54) is 0 Å². The fourth-order valence-corrected chi connectivity index (χ4v) is 2.32. The highest BCUT2D eigenvalue weighted by atomic mass is 79.9. The molecule has 0 spiro atoms. The van der Waals surface area contributed by atoms with Crippen molar-refractivity contribution in [1.29, 1.82) is 0 Å². The normalized spacial score (nSPS) is 14.1. The van der Waals surface area contributed by atoms with Gasteiger partial charge in [-0.15, -0.1) is 0 Å². The van der Waals surface area contributed by atoms with Gasteiger partial charge in [0, 0.05) is 16.9 Å². The van der Waals surface area contributed by atoms with Crippen molar-refractivity contribution in [2.45, 2.75) is 26.3 Å². The predicted molar refractivity (Wildman–Crippen MR) is 73.5 cm³/mol. The quantitative estimate of drug-likeness (QED) is 0.878. The second-order valence-corrected chi connectivity index (χ2v) is 4.95. The fourth-order valence-electron chi connectivity index (χ4n) is 1.69. The maximum atomic E-state index is 11.9. The lowest BCUT2D eigenvalue weighted by atomic mass is 10.0. The summed E-state index contributed by atoms with van der Waals surface area (Å²) in [7, 11) is 0. The van der Waals surface area contributed by atoms with E-state index in [-0.39, 0.29) is 17.9 Å². The summed E-state index contributed by atoms with van der Waals surface area (Å²) in [6.45, 7) is 4.34. The molecule has 1 unspecified atom stereocenters. The molecular formula is C13H19BrN2O. The van der Waals surface area contributed by atoms with E-state index in [0.29, 0.717) is 6.54 Å². The van der Waals surface area contributed by atoms with Crippen LogP contribution in [0.2, 0.25) is 0 Å². The molecule has 17 heavy (non-hydrogen) atoms. The number of carbonyl (C=O) groups is 1. The Hall–Kier alpha value is -0.870. The van der Waals surface area contributed by atoms with E-state index in [2.05, 4.69) is 21.2 Å². The molecule has 1 aromatic carbocycles. The van der Waals surface area contributed by atoms with Gasteiger partial charge in [-0.1, -0.05) is 41.1 Å². The lowest BCUT2D eigenvalue weighted by Gasteiger charge is -2.19. The summed E-state index contributed by atoms with van der Waals surface area (Å²) in [6, 6.07) is 7.87. The summed E-state index contributed by atoms with van der Waals surface area (Å²) in [6.07, 6.45) is 0.769. The van der Waals surface area contributed by atoms with E-state index in [1.54, 1.807) is 0 Å². The molecule has 0 aliphatic carbocycles. The van der Waals surface area contributed by atoms with Gasteiger partial charge in [0.15, 0.2) is 0 Å². The van der Waals surface area contributed by atoms with Crippen LogP contribution in [-0.2, 0) is 4.79 Å².